The number of H-pyrrole nitrogens is 1. The van der Waals surface area contributed by atoms with Crippen molar-refractivity contribution in [1.82, 2.24) is 25.5 Å². The maximum absolute atomic E-state index is 12.3. The second kappa shape index (κ2) is 5.84. The molecule has 0 saturated carbocycles. The molecule has 0 radical (unpaired) electrons. The molecular weight excluding hydrogens is 282 g/mol. The Balaban J connectivity index is 1.69. The van der Waals surface area contributed by atoms with Gasteiger partial charge in [-0.05, 0) is 38.8 Å². The minimum atomic E-state index is -0.736. The number of ether oxygens (including phenoxy) is 1. The van der Waals surface area contributed by atoms with Crippen LogP contribution in [0.4, 0.5) is 0 Å². The molecule has 1 aliphatic rings. The van der Waals surface area contributed by atoms with Gasteiger partial charge in [-0.2, -0.15) is 5.10 Å². The average molecular weight is 301 g/mol. The van der Waals surface area contributed by atoms with E-state index in [1.807, 2.05) is 26.0 Å². The molecule has 22 heavy (non-hydrogen) atoms. The molecule has 116 valence electrons. The Morgan fingerprint density at radius 2 is 2.41 bits per heavy atom. The molecule has 1 amide bonds. The summed E-state index contributed by atoms with van der Waals surface area (Å²) in [4.78, 5) is 20.8. The van der Waals surface area contributed by atoms with Crippen LogP contribution in [0.1, 0.15) is 38.6 Å². The van der Waals surface area contributed by atoms with Crippen molar-refractivity contribution < 1.29 is 9.53 Å². The first kappa shape index (κ1) is 14.6. The van der Waals surface area contributed by atoms with Gasteiger partial charge in [-0.15, -0.1) is 0 Å². The molecule has 2 aromatic heterocycles. The highest BCUT2D eigenvalue weighted by atomic mass is 16.5. The van der Waals surface area contributed by atoms with Crippen LogP contribution in [0, 0.1) is 0 Å². The van der Waals surface area contributed by atoms with E-state index in [1.165, 1.54) is 0 Å². The first-order chi connectivity index (χ1) is 10.6. The minimum Gasteiger partial charge on any atom is -0.365 e. The normalized spacial score (nSPS) is 22.5. The number of hydrogen-bond acceptors (Lipinski definition) is 5. The fourth-order valence-corrected chi connectivity index (χ4v) is 2.47. The summed E-state index contributed by atoms with van der Waals surface area (Å²) in [5.41, 5.74) is 0.0927. The topological polar surface area (TPSA) is 92.8 Å². The summed E-state index contributed by atoms with van der Waals surface area (Å²) in [6, 6.07) is 3.44. The van der Waals surface area contributed by atoms with Crippen LogP contribution in [-0.4, -0.2) is 38.3 Å². The number of carbonyl (C=O) groups is 1. The highest BCUT2D eigenvalue weighted by molar-refractivity contribution is 5.85. The number of rotatable bonds is 4. The predicted molar refractivity (Wildman–Crippen MR) is 79.8 cm³/mol. The zero-order valence-corrected chi connectivity index (χ0v) is 12.7. The number of amides is 1. The summed E-state index contributed by atoms with van der Waals surface area (Å²) < 4.78 is 5.55. The van der Waals surface area contributed by atoms with Crippen LogP contribution < -0.4 is 5.32 Å². The molecule has 2 aromatic rings. The van der Waals surface area contributed by atoms with Crippen molar-refractivity contribution in [2.45, 2.75) is 38.3 Å². The number of nitrogens with one attached hydrogen (secondary N) is 2. The molecule has 7 nitrogen and oxygen atoms in total. The molecule has 0 aromatic carbocycles. The van der Waals surface area contributed by atoms with Crippen LogP contribution >= 0.6 is 0 Å². The molecule has 1 saturated heterocycles. The third-order valence-electron chi connectivity index (χ3n) is 3.88. The number of hydrogen-bond donors (Lipinski definition) is 2. The molecule has 1 aliphatic heterocycles. The summed E-state index contributed by atoms with van der Waals surface area (Å²) in [7, 11) is 0. The van der Waals surface area contributed by atoms with E-state index in [2.05, 4.69) is 25.5 Å². The van der Waals surface area contributed by atoms with Crippen LogP contribution in [-0.2, 0) is 9.53 Å². The van der Waals surface area contributed by atoms with Crippen molar-refractivity contribution in [3.05, 3.63) is 30.4 Å². The zero-order chi connectivity index (χ0) is 15.6. The number of nitrogens with zero attached hydrogens (tertiary/aromatic N) is 3. The van der Waals surface area contributed by atoms with E-state index >= 15 is 0 Å². The molecule has 1 fully saturated rings. The van der Waals surface area contributed by atoms with E-state index in [0.717, 1.165) is 18.4 Å². The fraction of sp³-hybridized carbons (Fsp3) is 0.467. The van der Waals surface area contributed by atoms with Crippen LogP contribution in [0.15, 0.2) is 24.5 Å². The van der Waals surface area contributed by atoms with E-state index in [1.54, 1.807) is 12.4 Å². The molecule has 2 atom stereocenters. The van der Waals surface area contributed by atoms with E-state index in [9.17, 15) is 4.79 Å². The first-order valence-corrected chi connectivity index (χ1v) is 7.36. The maximum Gasteiger partial charge on any atom is 0.252 e. The van der Waals surface area contributed by atoms with Crippen molar-refractivity contribution in [2.75, 3.05) is 6.61 Å². The van der Waals surface area contributed by atoms with Crippen LogP contribution in [0.2, 0.25) is 0 Å². The Kier molecular flexibility index (Phi) is 3.89. The first-order valence-electron chi connectivity index (χ1n) is 7.36. The lowest BCUT2D eigenvalue weighted by Crippen LogP contribution is -2.45. The van der Waals surface area contributed by atoms with Crippen molar-refractivity contribution in [2.24, 2.45) is 0 Å². The Labute approximate surface area is 128 Å². The summed E-state index contributed by atoms with van der Waals surface area (Å²) in [5, 5.41) is 9.97. The Morgan fingerprint density at radius 1 is 1.55 bits per heavy atom. The van der Waals surface area contributed by atoms with Gasteiger partial charge in [0.25, 0.3) is 5.91 Å². The number of aromatic nitrogens is 4. The molecule has 0 aliphatic carbocycles. The van der Waals surface area contributed by atoms with Gasteiger partial charge in [0.15, 0.2) is 5.82 Å². The molecule has 2 N–H and O–H groups in total. The average Bonchev–Trinajstić information content (AvgIpc) is 3.18. The van der Waals surface area contributed by atoms with Crippen molar-refractivity contribution >= 4 is 5.91 Å². The summed E-state index contributed by atoms with van der Waals surface area (Å²) in [6.45, 7) is 4.32. The standard InChI is InChI=1S/C15H19N5O2/c1-10(17-14(21)15(2)6-4-8-22-15)12-18-13(20-19-12)11-5-3-7-16-9-11/h3,5,7,9-10H,4,6,8H2,1-2H3,(H,17,21)(H,18,19,20)/t10-,15+/m1/s1. The van der Waals surface area contributed by atoms with Crippen LogP contribution in [0.25, 0.3) is 11.4 Å². The van der Waals surface area contributed by atoms with E-state index in [0.29, 0.717) is 18.3 Å². The number of carbonyl (C=O) groups excluding carboxylic acids is 1. The van der Waals surface area contributed by atoms with Gasteiger partial charge in [-0.1, -0.05) is 0 Å². The van der Waals surface area contributed by atoms with Gasteiger partial charge in [0.1, 0.15) is 11.4 Å². The smallest absolute Gasteiger partial charge is 0.252 e. The largest absolute Gasteiger partial charge is 0.365 e. The second-order valence-electron chi connectivity index (χ2n) is 5.66. The predicted octanol–water partition coefficient (Wildman–Crippen LogP) is 1.61. The quantitative estimate of drug-likeness (QED) is 0.895. The summed E-state index contributed by atoms with van der Waals surface area (Å²) >= 11 is 0. The van der Waals surface area contributed by atoms with Gasteiger partial charge in [0.2, 0.25) is 0 Å². The molecule has 0 unspecified atom stereocenters. The van der Waals surface area contributed by atoms with Crippen LogP contribution in [0.5, 0.6) is 0 Å². The maximum atomic E-state index is 12.3. The third-order valence-corrected chi connectivity index (χ3v) is 3.88. The van der Waals surface area contributed by atoms with Gasteiger partial charge in [-0.3, -0.25) is 14.9 Å². The van der Waals surface area contributed by atoms with Crippen molar-refractivity contribution in [1.29, 1.82) is 0 Å². The van der Waals surface area contributed by atoms with Gasteiger partial charge >= 0.3 is 0 Å². The van der Waals surface area contributed by atoms with Crippen molar-refractivity contribution in [3.8, 4) is 11.4 Å². The van der Waals surface area contributed by atoms with Crippen LogP contribution in [0.3, 0.4) is 0 Å². The van der Waals surface area contributed by atoms with Gasteiger partial charge in [0, 0.05) is 24.6 Å². The number of pyridine rings is 1. The second-order valence-corrected chi connectivity index (χ2v) is 5.66. The Morgan fingerprint density at radius 3 is 3.09 bits per heavy atom. The van der Waals surface area contributed by atoms with Gasteiger partial charge < -0.3 is 10.1 Å². The lowest BCUT2D eigenvalue weighted by molar-refractivity contribution is -0.140. The summed E-state index contributed by atoms with van der Waals surface area (Å²) in [5.74, 6) is 1.05. The highest BCUT2D eigenvalue weighted by Crippen LogP contribution is 2.26. The third kappa shape index (κ3) is 2.85. The SMILES string of the molecule is C[C@@H](NC(=O)[C@]1(C)CCCO1)c1nc(-c2cccnc2)n[nH]1. The Bertz CT molecular complexity index is 649. The minimum absolute atomic E-state index is 0.114. The van der Waals surface area contributed by atoms with Gasteiger partial charge in [0.05, 0.1) is 6.04 Å². The van der Waals surface area contributed by atoms with E-state index in [-0.39, 0.29) is 11.9 Å². The molecule has 7 heteroatoms. The van der Waals surface area contributed by atoms with E-state index < -0.39 is 5.60 Å². The lowest BCUT2D eigenvalue weighted by Gasteiger charge is -2.23. The molecule has 3 rings (SSSR count). The van der Waals surface area contributed by atoms with Gasteiger partial charge in [-0.25, -0.2) is 4.98 Å². The monoisotopic (exact) mass is 301 g/mol. The molecule has 0 bridgehead atoms. The molecular formula is C15H19N5O2. The highest BCUT2D eigenvalue weighted by Gasteiger charge is 2.38. The molecule has 0 spiro atoms. The van der Waals surface area contributed by atoms with E-state index in [4.69, 9.17) is 4.74 Å². The fourth-order valence-electron chi connectivity index (χ4n) is 2.47. The lowest BCUT2D eigenvalue weighted by atomic mass is 10.0. The Hall–Kier alpha value is -2.28. The summed E-state index contributed by atoms with van der Waals surface area (Å²) in [6.07, 6.45) is 5.04. The van der Waals surface area contributed by atoms with Crippen molar-refractivity contribution in [3.63, 3.8) is 0 Å². The zero-order valence-electron chi connectivity index (χ0n) is 12.7. The molecule has 3 heterocycles. The number of aromatic amines is 1.